The summed E-state index contributed by atoms with van der Waals surface area (Å²) in [7, 11) is 0. The number of rotatable bonds is 7. The summed E-state index contributed by atoms with van der Waals surface area (Å²) in [6.07, 6.45) is 4.72. The van der Waals surface area contributed by atoms with Crippen LogP contribution in [0.5, 0.6) is 0 Å². The highest BCUT2D eigenvalue weighted by Crippen LogP contribution is 2.28. The van der Waals surface area contributed by atoms with Crippen LogP contribution < -0.4 is 5.32 Å². The Bertz CT molecular complexity index is 245. The van der Waals surface area contributed by atoms with Crippen LogP contribution in [-0.2, 0) is 9.53 Å². The fourth-order valence-corrected chi connectivity index (χ4v) is 2.62. The summed E-state index contributed by atoms with van der Waals surface area (Å²) in [5.74, 6) is 1.17. The standard InChI is InChI=1S/C14H27NO3/c1-3-18-14(17)8-13(16)10-15-9-12-7-5-4-6-11(12)2/h11-13,15-16H,3-10H2,1-2H3. The Balaban J connectivity index is 2.10. The molecule has 0 spiro atoms. The first-order valence-corrected chi connectivity index (χ1v) is 7.17. The van der Waals surface area contributed by atoms with E-state index in [4.69, 9.17) is 4.74 Å². The van der Waals surface area contributed by atoms with Gasteiger partial charge in [-0.1, -0.05) is 26.2 Å². The van der Waals surface area contributed by atoms with Crippen LogP contribution in [0, 0.1) is 11.8 Å². The van der Waals surface area contributed by atoms with Gasteiger partial charge in [0.1, 0.15) is 0 Å². The Hall–Kier alpha value is -0.610. The Kier molecular flexibility index (Phi) is 7.28. The second-order valence-electron chi connectivity index (χ2n) is 5.34. The van der Waals surface area contributed by atoms with Crippen molar-refractivity contribution in [2.45, 2.75) is 52.1 Å². The molecule has 3 atom stereocenters. The molecule has 1 fully saturated rings. The zero-order valence-corrected chi connectivity index (χ0v) is 11.7. The molecule has 2 N–H and O–H groups in total. The van der Waals surface area contributed by atoms with Gasteiger partial charge in [-0.25, -0.2) is 0 Å². The molecule has 0 bridgehead atoms. The number of aliphatic hydroxyl groups is 1. The Morgan fingerprint density at radius 1 is 1.44 bits per heavy atom. The lowest BCUT2D eigenvalue weighted by Gasteiger charge is -2.29. The van der Waals surface area contributed by atoms with Crippen molar-refractivity contribution in [2.75, 3.05) is 19.7 Å². The van der Waals surface area contributed by atoms with Gasteiger partial charge in [-0.2, -0.15) is 0 Å². The monoisotopic (exact) mass is 257 g/mol. The number of nitrogens with one attached hydrogen (secondary N) is 1. The van der Waals surface area contributed by atoms with E-state index in [-0.39, 0.29) is 12.4 Å². The van der Waals surface area contributed by atoms with Crippen molar-refractivity contribution in [1.29, 1.82) is 0 Å². The highest BCUT2D eigenvalue weighted by atomic mass is 16.5. The molecule has 1 aliphatic carbocycles. The molecule has 106 valence electrons. The Morgan fingerprint density at radius 2 is 2.17 bits per heavy atom. The first kappa shape index (κ1) is 15.4. The van der Waals surface area contributed by atoms with E-state index in [2.05, 4.69) is 12.2 Å². The minimum absolute atomic E-state index is 0.0844. The van der Waals surface area contributed by atoms with Gasteiger partial charge in [0, 0.05) is 6.54 Å². The summed E-state index contributed by atoms with van der Waals surface area (Å²) in [5.41, 5.74) is 0. The van der Waals surface area contributed by atoms with Crippen molar-refractivity contribution in [3.8, 4) is 0 Å². The quantitative estimate of drug-likeness (QED) is 0.682. The lowest BCUT2D eigenvalue weighted by atomic mass is 9.80. The molecule has 0 aromatic heterocycles. The van der Waals surface area contributed by atoms with Crippen LogP contribution >= 0.6 is 0 Å². The summed E-state index contributed by atoms with van der Waals surface area (Å²) >= 11 is 0. The molecule has 3 unspecified atom stereocenters. The third-order valence-electron chi connectivity index (χ3n) is 3.78. The van der Waals surface area contributed by atoms with Crippen LogP contribution in [-0.4, -0.2) is 36.9 Å². The maximum Gasteiger partial charge on any atom is 0.308 e. The molecule has 4 heteroatoms. The number of esters is 1. The van der Waals surface area contributed by atoms with E-state index in [1.54, 1.807) is 6.92 Å². The lowest BCUT2D eigenvalue weighted by Crippen LogP contribution is -2.35. The van der Waals surface area contributed by atoms with Crippen molar-refractivity contribution in [3.05, 3.63) is 0 Å². The van der Waals surface area contributed by atoms with Gasteiger partial charge in [0.05, 0.1) is 19.1 Å². The molecule has 0 aromatic carbocycles. The molecule has 1 rings (SSSR count). The topological polar surface area (TPSA) is 58.6 Å². The summed E-state index contributed by atoms with van der Waals surface area (Å²) < 4.78 is 4.80. The minimum atomic E-state index is -0.636. The number of ether oxygens (including phenoxy) is 1. The van der Waals surface area contributed by atoms with Gasteiger partial charge in [-0.15, -0.1) is 0 Å². The average molecular weight is 257 g/mol. The van der Waals surface area contributed by atoms with Crippen molar-refractivity contribution < 1.29 is 14.6 Å². The normalized spacial score (nSPS) is 25.7. The zero-order chi connectivity index (χ0) is 13.4. The number of aliphatic hydroxyl groups excluding tert-OH is 1. The van der Waals surface area contributed by atoms with E-state index in [9.17, 15) is 9.90 Å². The van der Waals surface area contributed by atoms with E-state index in [0.29, 0.717) is 19.1 Å². The molecule has 0 heterocycles. The molecular formula is C14H27NO3. The molecule has 0 aromatic rings. The van der Waals surface area contributed by atoms with Gasteiger partial charge in [0.2, 0.25) is 0 Å². The fraction of sp³-hybridized carbons (Fsp3) is 0.929. The zero-order valence-electron chi connectivity index (χ0n) is 11.7. The molecule has 0 amide bonds. The van der Waals surface area contributed by atoms with E-state index in [1.807, 2.05) is 0 Å². The smallest absolute Gasteiger partial charge is 0.308 e. The molecule has 18 heavy (non-hydrogen) atoms. The molecule has 1 aliphatic rings. The molecule has 1 saturated carbocycles. The highest BCUT2D eigenvalue weighted by Gasteiger charge is 2.21. The SMILES string of the molecule is CCOC(=O)CC(O)CNCC1CCCCC1C. The van der Waals surface area contributed by atoms with E-state index in [0.717, 1.165) is 12.5 Å². The molecule has 0 radical (unpaired) electrons. The van der Waals surface area contributed by atoms with Crippen molar-refractivity contribution in [3.63, 3.8) is 0 Å². The van der Waals surface area contributed by atoms with Crippen LogP contribution in [0.1, 0.15) is 46.0 Å². The second-order valence-corrected chi connectivity index (χ2v) is 5.34. The predicted octanol–water partition coefficient (Wildman–Crippen LogP) is 1.72. The molecule has 0 saturated heterocycles. The Labute approximate surface area is 110 Å². The summed E-state index contributed by atoms with van der Waals surface area (Å²) in [4.78, 5) is 11.2. The van der Waals surface area contributed by atoms with E-state index < -0.39 is 6.10 Å². The number of carbonyl (C=O) groups is 1. The fourth-order valence-electron chi connectivity index (χ4n) is 2.62. The van der Waals surface area contributed by atoms with Crippen LogP contribution in [0.15, 0.2) is 0 Å². The first-order chi connectivity index (χ1) is 8.63. The molecule has 0 aliphatic heterocycles. The van der Waals surface area contributed by atoms with Crippen molar-refractivity contribution in [1.82, 2.24) is 5.32 Å². The third kappa shape index (κ3) is 5.83. The summed E-state index contributed by atoms with van der Waals surface area (Å²) in [6.45, 7) is 5.87. The average Bonchev–Trinajstić information content (AvgIpc) is 2.31. The molecular weight excluding hydrogens is 230 g/mol. The van der Waals surface area contributed by atoms with Crippen LogP contribution in [0.25, 0.3) is 0 Å². The number of carbonyl (C=O) groups excluding carboxylic acids is 1. The maximum atomic E-state index is 11.2. The summed E-state index contributed by atoms with van der Waals surface area (Å²) in [6, 6.07) is 0. The lowest BCUT2D eigenvalue weighted by molar-refractivity contribution is -0.145. The van der Waals surface area contributed by atoms with Crippen molar-refractivity contribution >= 4 is 5.97 Å². The van der Waals surface area contributed by atoms with Crippen LogP contribution in [0.3, 0.4) is 0 Å². The predicted molar refractivity (Wildman–Crippen MR) is 71.2 cm³/mol. The van der Waals surface area contributed by atoms with Crippen LogP contribution in [0.4, 0.5) is 0 Å². The van der Waals surface area contributed by atoms with E-state index >= 15 is 0 Å². The van der Waals surface area contributed by atoms with Gasteiger partial charge >= 0.3 is 5.97 Å². The molecule has 4 nitrogen and oxygen atoms in total. The van der Waals surface area contributed by atoms with Gasteiger partial charge in [-0.05, 0) is 31.7 Å². The van der Waals surface area contributed by atoms with Crippen LogP contribution in [0.2, 0.25) is 0 Å². The van der Waals surface area contributed by atoms with Gasteiger partial charge < -0.3 is 15.2 Å². The number of hydrogen-bond donors (Lipinski definition) is 2. The first-order valence-electron chi connectivity index (χ1n) is 7.17. The third-order valence-corrected chi connectivity index (χ3v) is 3.78. The second kappa shape index (κ2) is 8.48. The Morgan fingerprint density at radius 3 is 2.83 bits per heavy atom. The van der Waals surface area contributed by atoms with Gasteiger partial charge in [0.25, 0.3) is 0 Å². The van der Waals surface area contributed by atoms with E-state index in [1.165, 1.54) is 25.7 Å². The van der Waals surface area contributed by atoms with Gasteiger partial charge in [0.15, 0.2) is 0 Å². The largest absolute Gasteiger partial charge is 0.466 e. The minimum Gasteiger partial charge on any atom is -0.466 e. The van der Waals surface area contributed by atoms with Gasteiger partial charge in [-0.3, -0.25) is 4.79 Å². The maximum absolute atomic E-state index is 11.2. The number of hydrogen-bond acceptors (Lipinski definition) is 4. The van der Waals surface area contributed by atoms with Crippen molar-refractivity contribution in [2.24, 2.45) is 11.8 Å². The highest BCUT2D eigenvalue weighted by molar-refractivity contribution is 5.69. The summed E-state index contributed by atoms with van der Waals surface area (Å²) in [5, 5.41) is 13.0.